The van der Waals surface area contributed by atoms with E-state index in [4.69, 9.17) is 14.2 Å². The first-order chi connectivity index (χ1) is 8.24. The third kappa shape index (κ3) is 3.94. The lowest BCUT2D eigenvalue weighted by Gasteiger charge is -2.10. The molecular formula is C14H26O3. The number of hydrogen-bond donors (Lipinski definition) is 0. The van der Waals surface area contributed by atoms with Crippen molar-refractivity contribution in [1.29, 1.82) is 0 Å². The van der Waals surface area contributed by atoms with Crippen LogP contribution in [0.2, 0.25) is 0 Å². The lowest BCUT2D eigenvalue weighted by atomic mass is 10.0. The second-order valence-corrected chi connectivity index (χ2v) is 5.47. The predicted molar refractivity (Wildman–Crippen MR) is 67.2 cm³/mol. The van der Waals surface area contributed by atoms with Gasteiger partial charge >= 0.3 is 0 Å². The molecule has 0 aromatic heterocycles. The molecule has 100 valence electrons. The average molecular weight is 242 g/mol. The Morgan fingerprint density at radius 3 is 1.59 bits per heavy atom. The van der Waals surface area contributed by atoms with Crippen LogP contribution in [0, 0.1) is 0 Å². The van der Waals surface area contributed by atoms with E-state index < -0.39 is 0 Å². The van der Waals surface area contributed by atoms with Gasteiger partial charge in [0.1, 0.15) is 0 Å². The van der Waals surface area contributed by atoms with Gasteiger partial charge in [0.2, 0.25) is 0 Å². The molecule has 17 heavy (non-hydrogen) atoms. The highest BCUT2D eigenvalue weighted by molar-refractivity contribution is 4.90. The maximum Gasteiger partial charge on any atom is 0.0914 e. The van der Waals surface area contributed by atoms with Crippen molar-refractivity contribution < 1.29 is 14.2 Å². The first-order valence-corrected chi connectivity index (χ1v) is 7.10. The van der Waals surface area contributed by atoms with Crippen LogP contribution in [0.1, 0.15) is 52.4 Å². The summed E-state index contributed by atoms with van der Waals surface area (Å²) in [7, 11) is 0. The van der Waals surface area contributed by atoms with Gasteiger partial charge in [-0.25, -0.2) is 0 Å². The molecule has 2 atom stereocenters. The fourth-order valence-corrected chi connectivity index (χ4v) is 2.35. The summed E-state index contributed by atoms with van der Waals surface area (Å²) >= 11 is 0. The molecule has 2 fully saturated rings. The minimum absolute atomic E-state index is 0.234. The Balaban J connectivity index is 1.39. The molecule has 2 rings (SSSR count). The number of epoxide rings is 2. The molecule has 2 heterocycles. The first kappa shape index (κ1) is 13.3. The molecular weight excluding hydrogens is 216 g/mol. The van der Waals surface area contributed by atoms with E-state index in [-0.39, 0.29) is 11.2 Å². The summed E-state index contributed by atoms with van der Waals surface area (Å²) in [6.07, 6.45) is 6.86. The molecule has 0 bridgehead atoms. The van der Waals surface area contributed by atoms with Crippen LogP contribution in [0.5, 0.6) is 0 Å². The molecule has 0 radical (unpaired) electrons. The fourth-order valence-electron chi connectivity index (χ4n) is 2.35. The highest BCUT2D eigenvalue weighted by Crippen LogP contribution is 2.36. The molecule has 0 N–H and O–H groups in total. The van der Waals surface area contributed by atoms with Gasteiger partial charge in [-0.05, 0) is 38.5 Å². The zero-order valence-corrected chi connectivity index (χ0v) is 11.3. The summed E-state index contributed by atoms with van der Waals surface area (Å²) in [5, 5.41) is 0. The number of rotatable bonds is 10. The van der Waals surface area contributed by atoms with Gasteiger partial charge in [-0.1, -0.05) is 13.8 Å². The molecule has 2 unspecified atom stereocenters. The van der Waals surface area contributed by atoms with Crippen LogP contribution in [-0.2, 0) is 14.2 Å². The van der Waals surface area contributed by atoms with Crippen molar-refractivity contribution in [3.05, 3.63) is 0 Å². The van der Waals surface area contributed by atoms with Gasteiger partial charge in [-0.15, -0.1) is 0 Å². The highest BCUT2D eigenvalue weighted by Gasteiger charge is 2.42. The molecule has 0 aliphatic carbocycles. The van der Waals surface area contributed by atoms with E-state index in [2.05, 4.69) is 13.8 Å². The van der Waals surface area contributed by atoms with Crippen molar-refractivity contribution in [2.45, 2.75) is 63.6 Å². The molecule has 0 spiro atoms. The van der Waals surface area contributed by atoms with Crippen LogP contribution >= 0.6 is 0 Å². The van der Waals surface area contributed by atoms with Gasteiger partial charge in [0.15, 0.2) is 0 Å². The Morgan fingerprint density at radius 2 is 1.29 bits per heavy atom. The van der Waals surface area contributed by atoms with E-state index in [1.807, 2.05) is 0 Å². The van der Waals surface area contributed by atoms with Gasteiger partial charge in [-0.2, -0.15) is 0 Å². The topological polar surface area (TPSA) is 34.3 Å². The van der Waals surface area contributed by atoms with Crippen LogP contribution in [0.4, 0.5) is 0 Å². The van der Waals surface area contributed by atoms with Crippen molar-refractivity contribution in [2.24, 2.45) is 0 Å². The van der Waals surface area contributed by atoms with E-state index in [1.54, 1.807) is 0 Å². The quantitative estimate of drug-likeness (QED) is 0.436. The summed E-state index contributed by atoms with van der Waals surface area (Å²) in [6.45, 7) is 8.08. The molecule has 0 aromatic rings. The second-order valence-electron chi connectivity index (χ2n) is 5.47. The molecule has 3 nitrogen and oxygen atoms in total. The van der Waals surface area contributed by atoms with Gasteiger partial charge in [-0.3, -0.25) is 0 Å². The predicted octanol–water partition coefficient (Wildman–Crippen LogP) is 2.92. The smallest absolute Gasteiger partial charge is 0.0914 e. The Labute approximate surface area is 105 Å². The van der Waals surface area contributed by atoms with Crippen LogP contribution in [0.15, 0.2) is 0 Å². The summed E-state index contributed by atoms with van der Waals surface area (Å²) in [5.41, 5.74) is 0.467. The van der Waals surface area contributed by atoms with Gasteiger partial charge in [0, 0.05) is 13.2 Å². The average Bonchev–Trinajstić information content (AvgIpc) is 3.25. The number of hydrogen-bond acceptors (Lipinski definition) is 3. The third-order valence-electron chi connectivity index (χ3n) is 4.24. The van der Waals surface area contributed by atoms with Crippen molar-refractivity contribution >= 4 is 0 Å². The van der Waals surface area contributed by atoms with Gasteiger partial charge in [0.25, 0.3) is 0 Å². The molecule has 0 aromatic carbocycles. The lowest BCUT2D eigenvalue weighted by molar-refractivity contribution is 0.113. The normalized spacial score (nSPS) is 34.9. The Hall–Kier alpha value is -0.120. The Morgan fingerprint density at radius 1 is 0.882 bits per heavy atom. The van der Waals surface area contributed by atoms with Crippen LogP contribution in [-0.4, -0.2) is 37.6 Å². The van der Waals surface area contributed by atoms with Crippen molar-refractivity contribution in [1.82, 2.24) is 0 Å². The summed E-state index contributed by atoms with van der Waals surface area (Å²) < 4.78 is 16.6. The van der Waals surface area contributed by atoms with Crippen molar-refractivity contribution in [3.63, 3.8) is 0 Å². The largest absolute Gasteiger partial charge is 0.381 e. The molecule has 3 heteroatoms. The van der Waals surface area contributed by atoms with E-state index >= 15 is 0 Å². The molecule has 2 aliphatic rings. The second kappa shape index (κ2) is 5.68. The Bertz CT molecular complexity index is 208. The fraction of sp³-hybridized carbons (Fsp3) is 1.00. The maximum atomic E-state index is 5.66. The van der Waals surface area contributed by atoms with Gasteiger partial charge in [0.05, 0.1) is 24.4 Å². The Kier molecular flexibility index (Phi) is 4.45. The van der Waals surface area contributed by atoms with E-state index in [1.165, 1.54) is 0 Å². The number of ether oxygens (including phenoxy) is 3. The van der Waals surface area contributed by atoms with Crippen LogP contribution < -0.4 is 0 Å². The standard InChI is InChI=1S/C14H26O3/c1-3-13(11-16-13)7-5-9-15-10-6-8-14(4-2)12-17-14/h3-12H2,1-2H3. The minimum atomic E-state index is 0.234. The summed E-state index contributed by atoms with van der Waals surface area (Å²) in [6, 6.07) is 0. The molecule has 2 saturated heterocycles. The minimum Gasteiger partial charge on any atom is -0.381 e. The maximum absolute atomic E-state index is 5.66. The lowest BCUT2D eigenvalue weighted by Crippen LogP contribution is -2.12. The van der Waals surface area contributed by atoms with E-state index in [0.717, 1.165) is 65.0 Å². The van der Waals surface area contributed by atoms with Crippen molar-refractivity contribution in [2.75, 3.05) is 26.4 Å². The zero-order chi connectivity index (χ0) is 12.2. The zero-order valence-electron chi connectivity index (χ0n) is 11.3. The van der Waals surface area contributed by atoms with Crippen LogP contribution in [0.25, 0.3) is 0 Å². The molecule has 0 saturated carbocycles. The highest BCUT2D eigenvalue weighted by atomic mass is 16.6. The van der Waals surface area contributed by atoms with E-state index in [0.29, 0.717) is 0 Å². The van der Waals surface area contributed by atoms with Crippen LogP contribution in [0.3, 0.4) is 0 Å². The monoisotopic (exact) mass is 242 g/mol. The first-order valence-electron chi connectivity index (χ1n) is 7.10. The van der Waals surface area contributed by atoms with Crippen molar-refractivity contribution in [3.8, 4) is 0 Å². The SMILES string of the molecule is CCC1(CCCOCCCC2(CC)CO2)CO1. The third-order valence-corrected chi connectivity index (χ3v) is 4.24. The summed E-state index contributed by atoms with van der Waals surface area (Å²) in [4.78, 5) is 0. The van der Waals surface area contributed by atoms with Gasteiger partial charge < -0.3 is 14.2 Å². The summed E-state index contributed by atoms with van der Waals surface area (Å²) in [5.74, 6) is 0. The molecule has 0 amide bonds. The molecule has 2 aliphatic heterocycles. The van der Waals surface area contributed by atoms with E-state index in [9.17, 15) is 0 Å².